The van der Waals surface area contributed by atoms with E-state index in [1.54, 1.807) is 6.07 Å². The van der Waals surface area contributed by atoms with Crippen molar-refractivity contribution in [2.45, 2.75) is 6.92 Å². The topological polar surface area (TPSA) is 38.4 Å². The lowest BCUT2D eigenvalue weighted by Gasteiger charge is -2.01. The van der Waals surface area contributed by atoms with E-state index in [0.29, 0.717) is 17.4 Å². The normalized spacial score (nSPS) is 11.7. The molecule has 0 atom stereocenters. The van der Waals surface area contributed by atoms with Crippen LogP contribution in [0.2, 0.25) is 5.02 Å². The van der Waals surface area contributed by atoms with Crippen molar-refractivity contribution in [1.82, 2.24) is 0 Å². The first kappa shape index (κ1) is 9.07. The zero-order valence-corrected chi connectivity index (χ0v) is 7.67. The highest BCUT2D eigenvalue weighted by Crippen LogP contribution is 2.13. The minimum absolute atomic E-state index is 0.503. The monoisotopic (exact) mass is 182 g/mol. The third-order valence-electron chi connectivity index (χ3n) is 1.48. The highest BCUT2D eigenvalue weighted by molar-refractivity contribution is 6.34. The fourth-order valence-corrected chi connectivity index (χ4v) is 1.16. The van der Waals surface area contributed by atoms with Crippen molar-refractivity contribution < 1.29 is 0 Å². The molecule has 3 heteroatoms. The summed E-state index contributed by atoms with van der Waals surface area (Å²) < 4.78 is 0. The summed E-state index contributed by atoms with van der Waals surface area (Å²) in [5.41, 5.74) is 6.48. The molecule has 0 saturated heterocycles. The molecular formula is C9H11ClN2. The van der Waals surface area contributed by atoms with Gasteiger partial charge < -0.3 is 5.73 Å². The zero-order chi connectivity index (χ0) is 8.97. The van der Waals surface area contributed by atoms with Crippen LogP contribution in [0.25, 0.3) is 0 Å². The van der Waals surface area contributed by atoms with E-state index in [1.807, 2.05) is 25.1 Å². The molecule has 0 aliphatic rings. The molecule has 1 aromatic rings. The summed E-state index contributed by atoms with van der Waals surface area (Å²) in [5, 5.41) is 0.646. The largest absolute Gasteiger partial charge is 0.383 e. The molecule has 0 heterocycles. The van der Waals surface area contributed by atoms with Crippen LogP contribution in [-0.4, -0.2) is 12.4 Å². The molecule has 0 aromatic heterocycles. The molecule has 0 fully saturated rings. The molecule has 0 unspecified atom stereocenters. The summed E-state index contributed by atoms with van der Waals surface area (Å²) in [7, 11) is 0. The second-order valence-corrected chi connectivity index (χ2v) is 2.75. The Hall–Kier alpha value is -1.02. The van der Waals surface area contributed by atoms with E-state index in [9.17, 15) is 0 Å². The first-order valence-corrected chi connectivity index (χ1v) is 4.18. The first-order valence-electron chi connectivity index (χ1n) is 3.80. The molecule has 12 heavy (non-hydrogen) atoms. The van der Waals surface area contributed by atoms with Gasteiger partial charge >= 0.3 is 0 Å². The van der Waals surface area contributed by atoms with Gasteiger partial charge in [-0.2, -0.15) is 0 Å². The summed E-state index contributed by atoms with van der Waals surface area (Å²) in [6.45, 7) is 2.61. The Morgan fingerprint density at radius 2 is 2.17 bits per heavy atom. The summed E-state index contributed by atoms with van der Waals surface area (Å²) in [4.78, 5) is 4.07. The van der Waals surface area contributed by atoms with Gasteiger partial charge in [-0.15, -0.1) is 0 Å². The molecule has 2 N–H and O–H groups in total. The highest BCUT2D eigenvalue weighted by atomic mass is 35.5. The van der Waals surface area contributed by atoms with E-state index < -0.39 is 0 Å². The van der Waals surface area contributed by atoms with Crippen LogP contribution in [-0.2, 0) is 0 Å². The molecule has 0 spiro atoms. The van der Waals surface area contributed by atoms with Gasteiger partial charge in [0.05, 0.1) is 5.02 Å². The molecule has 0 saturated carbocycles. The van der Waals surface area contributed by atoms with Gasteiger partial charge in [-0.05, 0) is 19.1 Å². The molecule has 0 bridgehead atoms. The lowest BCUT2D eigenvalue weighted by Crippen LogP contribution is -2.14. The van der Waals surface area contributed by atoms with Crippen molar-refractivity contribution in [2.24, 2.45) is 10.7 Å². The Kier molecular flexibility index (Phi) is 3.11. The van der Waals surface area contributed by atoms with Gasteiger partial charge in [-0.1, -0.05) is 23.7 Å². The summed E-state index contributed by atoms with van der Waals surface area (Å²) >= 11 is 5.89. The Labute approximate surface area is 77.1 Å². The lowest BCUT2D eigenvalue weighted by atomic mass is 10.2. The Bertz CT molecular complexity index is 294. The van der Waals surface area contributed by atoms with Crippen LogP contribution in [0, 0.1) is 0 Å². The van der Waals surface area contributed by atoms with Crippen LogP contribution in [0.5, 0.6) is 0 Å². The van der Waals surface area contributed by atoms with Crippen LogP contribution < -0.4 is 5.73 Å². The van der Waals surface area contributed by atoms with E-state index in [1.165, 1.54) is 0 Å². The van der Waals surface area contributed by atoms with Crippen molar-refractivity contribution in [2.75, 3.05) is 6.54 Å². The van der Waals surface area contributed by atoms with Crippen LogP contribution in [0.3, 0.4) is 0 Å². The average Bonchev–Trinajstić information content (AvgIpc) is 2.05. The van der Waals surface area contributed by atoms with E-state index in [-0.39, 0.29) is 0 Å². The van der Waals surface area contributed by atoms with E-state index in [2.05, 4.69) is 4.99 Å². The molecule has 0 amide bonds. The van der Waals surface area contributed by atoms with Crippen molar-refractivity contribution in [3.8, 4) is 0 Å². The van der Waals surface area contributed by atoms with Gasteiger partial charge in [-0.25, -0.2) is 0 Å². The fraction of sp³-hybridized carbons (Fsp3) is 0.222. The SMILES string of the molecule is CCN=C(N)c1ccccc1Cl. The Morgan fingerprint density at radius 3 is 2.75 bits per heavy atom. The molecule has 64 valence electrons. The summed E-state index contributed by atoms with van der Waals surface area (Å²) in [5.74, 6) is 0.503. The predicted molar refractivity (Wildman–Crippen MR) is 52.7 cm³/mol. The zero-order valence-electron chi connectivity index (χ0n) is 6.92. The van der Waals surface area contributed by atoms with E-state index in [0.717, 1.165) is 5.56 Å². The number of benzene rings is 1. The van der Waals surface area contributed by atoms with Gasteiger partial charge in [0, 0.05) is 12.1 Å². The molecule has 2 nitrogen and oxygen atoms in total. The second-order valence-electron chi connectivity index (χ2n) is 2.34. The molecule has 1 rings (SSSR count). The Balaban J connectivity index is 3.02. The van der Waals surface area contributed by atoms with Crippen LogP contribution >= 0.6 is 11.6 Å². The number of halogens is 1. The van der Waals surface area contributed by atoms with Crippen LogP contribution in [0.15, 0.2) is 29.3 Å². The smallest absolute Gasteiger partial charge is 0.127 e. The standard InChI is InChI=1S/C9H11ClN2/c1-2-12-9(11)7-5-3-4-6-8(7)10/h3-6H,2H2,1H3,(H2,11,12). The third kappa shape index (κ3) is 1.98. The predicted octanol–water partition coefficient (Wildman–Crippen LogP) is 2.07. The molecule has 0 aliphatic heterocycles. The fourth-order valence-electron chi connectivity index (χ4n) is 0.924. The summed E-state index contributed by atoms with van der Waals surface area (Å²) in [6, 6.07) is 7.41. The maximum absolute atomic E-state index is 5.89. The summed E-state index contributed by atoms with van der Waals surface area (Å²) in [6.07, 6.45) is 0. The molecule has 1 aromatic carbocycles. The number of hydrogen-bond donors (Lipinski definition) is 1. The second kappa shape index (κ2) is 4.12. The maximum atomic E-state index is 5.89. The number of nitrogens with zero attached hydrogens (tertiary/aromatic N) is 1. The van der Waals surface area contributed by atoms with E-state index >= 15 is 0 Å². The number of amidine groups is 1. The van der Waals surface area contributed by atoms with Gasteiger partial charge in [0.15, 0.2) is 0 Å². The van der Waals surface area contributed by atoms with Gasteiger partial charge in [0.25, 0.3) is 0 Å². The van der Waals surface area contributed by atoms with E-state index in [4.69, 9.17) is 17.3 Å². The number of nitrogens with two attached hydrogens (primary N) is 1. The van der Waals surface area contributed by atoms with Crippen LogP contribution in [0.4, 0.5) is 0 Å². The lowest BCUT2D eigenvalue weighted by molar-refractivity contribution is 1.12. The van der Waals surface area contributed by atoms with Crippen molar-refractivity contribution in [3.05, 3.63) is 34.9 Å². The quantitative estimate of drug-likeness (QED) is 0.552. The minimum Gasteiger partial charge on any atom is -0.383 e. The van der Waals surface area contributed by atoms with Crippen molar-refractivity contribution >= 4 is 17.4 Å². The van der Waals surface area contributed by atoms with Gasteiger partial charge in [0.2, 0.25) is 0 Å². The van der Waals surface area contributed by atoms with Gasteiger partial charge in [-0.3, -0.25) is 4.99 Å². The molecule has 0 radical (unpaired) electrons. The first-order chi connectivity index (χ1) is 5.75. The number of rotatable bonds is 2. The number of aliphatic imine (C=N–C) groups is 1. The Morgan fingerprint density at radius 1 is 1.50 bits per heavy atom. The van der Waals surface area contributed by atoms with Crippen molar-refractivity contribution in [1.29, 1.82) is 0 Å². The molecule has 0 aliphatic carbocycles. The minimum atomic E-state index is 0.503. The van der Waals surface area contributed by atoms with Crippen molar-refractivity contribution in [3.63, 3.8) is 0 Å². The number of hydrogen-bond acceptors (Lipinski definition) is 1. The molecular weight excluding hydrogens is 172 g/mol. The highest BCUT2D eigenvalue weighted by Gasteiger charge is 2.01. The van der Waals surface area contributed by atoms with Crippen LogP contribution in [0.1, 0.15) is 12.5 Å². The maximum Gasteiger partial charge on any atom is 0.127 e. The van der Waals surface area contributed by atoms with Gasteiger partial charge in [0.1, 0.15) is 5.84 Å². The third-order valence-corrected chi connectivity index (χ3v) is 1.81. The average molecular weight is 183 g/mol.